The standard InChI is InChI=1S/2C28H32ClNO6.2C27H28ClNO4/c2*1-19-27(28(32)36-18-20-5-11-23(12-6-20)35-15-14-33-2)25(21-7-9-22(29)10-8-21)16-26(31)30(19)17-24-4-3-13-34-24;2*1-17-26(27(31)33-24-13-10-18-5-2-3-7-22(18)24)23(19-8-11-20(28)12-9-19)15-25(30)29(17)16-21-6-4-14-32-21/h2*5-12,24-25H,3-4,13-18H2,1-2H3;2*2-3,5,7-9,11-12,21,23-24H,4,6,10,13-16H2,1H3/t2*24-,25+;21-,23+,24+;21-,23+,24-/m1001/s1. The van der Waals surface area contributed by atoms with Crippen molar-refractivity contribution in [3.8, 4) is 11.5 Å². The summed E-state index contributed by atoms with van der Waals surface area (Å²) in [5.74, 6) is -1.69. The Balaban J connectivity index is 0.000000140. The molecule has 0 bridgehead atoms. The number of methoxy groups -OCH3 is 2. The number of halogens is 4. The maximum Gasteiger partial charge on any atom is 0.337 e. The van der Waals surface area contributed by atoms with Gasteiger partial charge < -0.3 is 76.4 Å². The summed E-state index contributed by atoms with van der Waals surface area (Å²) in [5, 5.41) is 2.43. The van der Waals surface area contributed by atoms with Crippen LogP contribution in [0.4, 0.5) is 0 Å². The van der Waals surface area contributed by atoms with E-state index >= 15 is 0 Å². The van der Waals surface area contributed by atoms with Crippen LogP contribution in [0.2, 0.25) is 20.1 Å². The molecule has 4 saturated heterocycles. The minimum absolute atomic E-state index is 0.00529. The Morgan fingerprint density at radius 2 is 0.601 bits per heavy atom. The minimum atomic E-state index is -0.433. The van der Waals surface area contributed by atoms with Crippen molar-refractivity contribution in [3.05, 3.63) is 315 Å². The monoisotopic (exact) mass is 1960 g/mol. The molecule has 10 atom stereocenters. The van der Waals surface area contributed by atoms with E-state index in [0.717, 1.165) is 146 Å². The first-order valence-electron chi connectivity index (χ1n) is 47.8. The van der Waals surface area contributed by atoms with Crippen LogP contribution in [0.25, 0.3) is 0 Å². The van der Waals surface area contributed by atoms with E-state index in [9.17, 15) is 38.4 Å². The molecule has 18 rings (SSSR count). The highest BCUT2D eigenvalue weighted by Crippen LogP contribution is 2.46. The maximum atomic E-state index is 13.6. The van der Waals surface area contributed by atoms with Gasteiger partial charge in [-0.05, 0) is 233 Å². The maximum absolute atomic E-state index is 13.6. The lowest BCUT2D eigenvalue weighted by molar-refractivity contribution is -0.147. The average Bonchev–Trinajstić information content (AvgIpc) is 1.31. The highest BCUT2D eigenvalue weighted by molar-refractivity contribution is 6.31. The van der Waals surface area contributed by atoms with Crippen molar-refractivity contribution < 1.29 is 95.2 Å². The van der Waals surface area contributed by atoms with Crippen LogP contribution in [0.15, 0.2) is 239 Å². The molecule has 8 aliphatic heterocycles. The van der Waals surface area contributed by atoms with Gasteiger partial charge in [-0.3, -0.25) is 19.2 Å². The third kappa shape index (κ3) is 25.8. The fourth-order valence-electron chi connectivity index (χ4n) is 19.9. The Hall–Kier alpha value is -11.0. The largest absolute Gasteiger partial charge is 0.491 e. The van der Waals surface area contributed by atoms with Crippen molar-refractivity contribution >= 4 is 93.9 Å². The number of carbonyl (C=O) groups excluding carboxylic acids is 8. The van der Waals surface area contributed by atoms with E-state index in [0.29, 0.717) is 131 Å². The zero-order valence-electron chi connectivity index (χ0n) is 78.9. The summed E-state index contributed by atoms with van der Waals surface area (Å²) in [6, 6.07) is 60.3. The Labute approximate surface area is 827 Å². The van der Waals surface area contributed by atoms with E-state index in [-0.39, 0.29) is 123 Å². The summed E-state index contributed by atoms with van der Waals surface area (Å²) in [4.78, 5) is 114. The second kappa shape index (κ2) is 48.7. The summed E-state index contributed by atoms with van der Waals surface area (Å²) in [5.41, 5.74) is 14.5. The normalized spacial score (nSPS) is 22.4. The molecule has 138 heavy (non-hydrogen) atoms. The predicted molar refractivity (Wildman–Crippen MR) is 523 cm³/mol. The first-order valence-corrected chi connectivity index (χ1v) is 49.3. The number of amides is 4. The molecule has 0 saturated carbocycles. The van der Waals surface area contributed by atoms with Gasteiger partial charge in [0.25, 0.3) is 0 Å². The summed E-state index contributed by atoms with van der Waals surface area (Å²) in [6.07, 6.45) is 11.3. The van der Waals surface area contributed by atoms with Gasteiger partial charge in [-0.2, -0.15) is 0 Å². The fraction of sp³-hybridized carbons (Fsp3) is 0.418. The topological polar surface area (TPSA) is 260 Å². The predicted octanol–water partition coefficient (Wildman–Crippen LogP) is 20.4. The number of nitrogens with zero attached hydrogens (tertiary/aromatic N) is 4. The van der Waals surface area contributed by atoms with E-state index in [1.165, 1.54) is 11.1 Å². The van der Waals surface area contributed by atoms with Gasteiger partial charge in [0, 0.05) is 133 Å². The molecule has 728 valence electrons. The Kier molecular flexibility index (Phi) is 35.8. The molecule has 8 aromatic carbocycles. The van der Waals surface area contributed by atoms with E-state index in [2.05, 4.69) is 12.1 Å². The van der Waals surface area contributed by atoms with Gasteiger partial charge in [-0.25, -0.2) is 19.2 Å². The van der Waals surface area contributed by atoms with Gasteiger partial charge in [0.2, 0.25) is 23.6 Å². The van der Waals surface area contributed by atoms with Crippen LogP contribution >= 0.6 is 46.4 Å². The molecule has 8 aromatic rings. The number of hydrogen-bond acceptors (Lipinski definition) is 20. The number of rotatable bonds is 30. The summed E-state index contributed by atoms with van der Waals surface area (Å²) >= 11 is 24.4. The van der Waals surface area contributed by atoms with Gasteiger partial charge in [0.15, 0.2) is 0 Å². The van der Waals surface area contributed by atoms with E-state index < -0.39 is 23.8 Å². The SMILES string of the molecule is CC1=C(C(=O)O[C@@H]2CCc3ccccc32)[C@@H](c2ccc(Cl)cc2)CC(=O)N1C[C@@H]1CCCO1.CC1=C(C(=O)O[C@@H]2CCc3ccccc32)[C@H](c2ccc(Cl)cc2)CC(=O)N1C[C@H]1CCCO1.COCCOc1ccc(COC(=O)C2=C(C)N(C[C@@H]3CCCO3)C(=O)C[C@@H]2c2ccc(Cl)cc2)cc1.COCCOc1ccc(COC(=O)C2=C(C)N(C[C@H]3CCCO3)C(=O)C[C@H]2c2ccc(Cl)cc2)cc1. The number of hydrogen-bond donors (Lipinski definition) is 0. The minimum Gasteiger partial charge on any atom is -0.491 e. The second-order valence-corrected chi connectivity index (χ2v) is 37.9. The quantitative estimate of drug-likeness (QED) is 0.0230. The number of esters is 4. The zero-order valence-corrected chi connectivity index (χ0v) is 82.0. The number of benzene rings is 8. The number of ether oxygens (including phenoxy) is 12. The van der Waals surface area contributed by atoms with Crippen LogP contribution in [0.3, 0.4) is 0 Å². The first kappa shape index (κ1) is 101. The molecular formula is C110H120Cl4N4O20. The molecule has 2 aliphatic carbocycles. The van der Waals surface area contributed by atoms with Crippen LogP contribution in [0.5, 0.6) is 11.5 Å². The van der Waals surface area contributed by atoms with Crippen LogP contribution in [0, 0.1) is 0 Å². The molecule has 4 amide bonds. The molecule has 0 spiro atoms. The van der Waals surface area contributed by atoms with Crippen LogP contribution in [0.1, 0.15) is 209 Å². The number of carbonyl (C=O) groups is 8. The summed E-state index contributed by atoms with van der Waals surface area (Å²) in [7, 11) is 3.25. The lowest BCUT2D eigenvalue weighted by Gasteiger charge is -2.36. The third-order valence-electron chi connectivity index (χ3n) is 27.3. The van der Waals surface area contributed by atoms with Gasteiger partial charge in [0.1, 0.15) is 50.1 Å². The third-order valence-corrected chi connectivity index (χ3v) is 28.3. The van der Waals surface area contributed by atoms with Crippen molar-refractivity contribution in [2.45, 2.75) is 204 Å². The first-order chi connectivity index (χ1) is 66.9. The highest BCUT2D eigenvalue weighted by Gasteiger charge is 2.45. The van der Waals surface area contributed by atoms with E-state index in [1.807, 2.05) is 161 Å². The van der Waals surface area contributed by atoms with Crippen molar-refractivity contribution in [1.29, 1.82) is 0 Å². The van der Waals surface area contributed by atoms with Gasteiger partial charge in [0.05, 0.1) is 86.1 Å². The number of aryl methyl sites for hydroxylation is 2. The lowest BCUT2D eigenvalue weighted by Crippen LogP contribution is -2.42. The Morgan fingerprint density at radius 3 is 0.862 bits per heavy atom. The highest BCUT2D eigenvalue weighted by atomic mass is 35.5. The van der Waals surface area contributed by atoms with Gasteiger partial charge >= 0.3 is 23.9 Å². The molecule has 24 nitrogen and oxygen atoms in total. The van der Waals surface area contributed by atoms with Crippen molar-refractivity contribution in [3.63, 3.8) is 0 Å². The Morgan fingerprint density at radius 1 is 0.333 bits per heavy atom. The summed E-state index contributed by atoms with van der Waals surface area (Å²) < 4.78 is 67.9. The molecule has 0 unspecified atom stereocenters. The van der Waals surface area contributed by atoms with Crippen LogP contribution in [-0.2, 0) is 112 Å². The second-order valence-electron chi connectivity index (χ2n) is 36.2. The van der Waals surface area contributed by atoms with Gasteiger partial charge in [-0.1, -0.05) is 168 Å². The average molecular weight is 1960 g/mol. The molecule has 10 aliphatic rings. The number of allylic oxidation sites excluding steroid dienone is 4. The molecule has 0 radical (unpaired) electrons. The summed E-state index contributed by atoms with van der Waals surface area (Å²) in [6.45, 7) is 14.2. The molecular weight excluding hydrogens is 1840 g/mol. The van der Waals surface area contributed by atoms with Crippen molar-refractivity contribution in [2.24, 2.45) is 0 Å². The smallest absolute Gasteiger partial charge is 0.337 e. The van der Waals surface area contributed by atoms with Crippen molar-refractivity contribution in [2.75, 3.05) is 93.3 Å². The van der Waals surface area contributed by atoms with E-state index in [4.69, 9.17) is 103 Å². The fourth-order valence-corrected chi connectivity index (χ4v) is 20.4. The number of fused-ring (bicyclic) bond motifs is 2. The molecule has 0 N–H and O–H groups in total. The van der Waals surface area contributed by atoms with Crippen LogP contribution < -0.4 is 9.47 Å². The molecule has 0 aromatic heterocycles. The Bertz CT molecular complexity index is 5380. The molecule has 8 heterocycles. The molecule has 28 heteroatoms. The zero-order chi connectivity index (χ0) is 96.9. The molecule has 4 fully saturated rings. The lowest BCUT2D eigenvalue weighted by atomic mass is 9.83. The van der Waals surface area contributed by atoms with Crippen LogP contribution in [-0.4, -0.2) is 185 Å². The van der Waals surface area contributed by atoms with Crippen molar-refractivity contribution in [1.82, 2.24) is 19.6 Å². The van der Waals surface area contributed by atoms with E-state index in [1.54, 1.807) is 82.4 Å². The van der Waals surface area contributed by atoms with Gasteiger partial charge in [-0.15, -0.1) is 0 Å².